The number of hydrogen-bond acceptors (Lipinski definition) is 2. The Morgan fingerprint density at radius 1 is 1.04 bits per heavy atom. The molecule has 5 heteroatoms. The lowest BCUT2D eigenvalue weighted by molar-refractivity contribution is -0.118. The van der Waals surface area contributed by atoms with Gasteiger partial charge in [0.2, 0.25) is 5.91 Å². The van der Waals surface area contributed by atoms with E-state index in [0.717, 1.165) is 5.56 Å². The van der Waals surface area contributed by atoms with Gasteiger partial charge in [0.25, 0.3) is 5.91 Å². The maximum atomic E-state index is 13.0. The normalized spacial score (nSPS) is 11.9. The number of carbonyl (C=O) groups is 2. The summed E-state index contributed by atoms with van der Waals surface area (Å²) in [5.74, 6) is -0.744. The summed E-state index contributed by atoms with van der Waals surface area (Å²) in [6.07, 6.45) is 0.505. The van der Waals surface area contributed by atoms with Crippen LogP contribution >= 0.6 is 0 Å². The summed E-state index contributed by atoms with van der Waals surface area (Å²) in [6, 6.07) is 12.1. The summed E-state index contributed by atoms with van der Waals surface area (Å²) in [5.41, 5.74) is 1.89. The maximum Gasteiger partial charge on any atom is 0.252 e. The third kappa shape index (κ3) is 5.41. The molecule has 0 aliphatic rings. The third-order valence-electron chi connectivity index (χ3n) is 3.83. The highest BCUT2D eigenvalue weighted by Gasteiger charge is 2.23. The fourth-order valence-electron chi connectivity index (χ4n) is 2.53. The second-order valence-electron chi connectivity index (χ2n) is 6.47. The Hall–Kier alpha value is -2.69. The van der Waals surface area contributed by atoms with Gasteiger partial charge in [-0.15, -0.1) is 0 Å². The van der Waals surface area contributed by atoms with Gasteiger partial charge in [0, 0.05) is 11.3 Å². The first-order valence-electron chi connectivity index (χ1n) is 8.29. The Balaban J connectivity index is 2.12. The van der Waals surface area contributed by atoms with E-state index in [-0.39, 0.29) is 23.5 Å². The molecule has 0 radical (unpaired) electrons. The van der Waals surface area contributed by atoms with Crippen LogP contribution in [0.3, 0.4) is 0 Å². The van der Waals surface area contributed by atoms with E-state index in [9.17, 15) is 14.0 Å². The monoisotopic (exact) mass is 342 g/mol. The van der Waals surface area contributed by atoms with Crippen molar-refractivity contribution in [3.05, 3.63) is 65.5 Å². The van der Waals surface area contributed by atoms with E-state index in [1.54, 1.807) is 12.1 Å². The van der Waals surface area contributed by atoms with Crippen molar-refractivity contribution >= 4 is 17.5 Å². The second-order valence-corrected chi connectivity index (χ2v) is 6.47. The Kier molecular flexibility index (Phi) is 6.28. The maximum absolute atomic E-state index is 13.0. The number of anilines is 1. The molecule has 0 heterocycles. The lowest BCUT2D eigenvalue weighted by Gasteiger charge is -2.20. The minimum Gasteiger partial charge on any atom is -0.340 e. The quantitative estimate of drug-likeness (QED) is 0.836. The van der Waals surface area contributed by atoms with E-state index in [1.807, 2.05) is 32.9 Å². The fraction of sp³-hybridized carbons (Fsp3) is 0.300. The summed E-state index contributed by atoms with van der Waals surface area (Å²) in [6.45, 7) is 5.82. The Bertz CT molecular complexity index is 742. The van der Waals surface area contributed by atoms with Crippen molar-refractivity contribution in [3.8, 4) is 0 Å². The minimum absolute atomic E-state index is 0.223. The van der Waals surface area contributed by atoms with Crippen molar-refractivity contribution in [1.82, 2.24) is 5.32 Å². The summed E-state index contributed by atoms with van der Waals surface area (Å²) in [7, 11) is 0. The molecule has 4 nitrogen and oxygen atoms in total. The second kappa shape index (κ2) is 8.42. The Morgan fingerprint density at radius 2 is 1.68 bits per heavy atom. The predicted octanol–water partition coefficient (Wildman–Crippen LogP) is 3.92. The summed E-state index contributed by atoms with van der Waals surface area (Å²) < 4.78 is 13.0. The van der Waals surface area contributed by atoms with Gasteiger partial charge < -0.3 is 10.6 Å². The average Bonchev–Trinajstić information content (AvgIpc) is 2.56. The van der Waals surface area contributed by atoms with E-state index in [0.29, 0.717) is 17.7 Å². The molecular formula is C20H23FN2O2. The number of nitrogens with one attached hydrogen (secondary N) is 2. The molecule has 1 atom stereocenters. The van der Waals surface area contributed by atoms with Crippen LogP contribution in [-0.2, 0) is 4.79 Å². The van der Waals surface area contributed by atoms with Gasteiger partial charge >= 0.3 is 0 Å². The number of rotatable bonds is 6. The molecule has 2 aromatic rings. The van der Waals surface area contributed by atoms with Gasteiger partial charge in [0.15, 0.2) is 0 Å². The highest BCUT2D eigenvalue weighted by molar-refractivity contribution is 6.01. The van der Waals surface area contributed by atoms with Gasteiger partial charge in [-0.05, 0) is 55.2 Å². The average molecular weight is 342 g/mol. The van der Waals surface area contributed by atoms with Crippen LogP contribution < -0.4 is 10.6 Å². The summed E-state index contributed by atoms with van der Waals surface area (Å²) in [4.78, 5) is 25.1. The molecule has 0 saturated carbocycles. The van der Waals surface area contributed by atoms with Crippen LogP contribution in [0.25, 0.3) is 0 Å². The first-order chi connectivity index (χ1) is 11.9. The smallest absolute Gasteiger partial charge is 0.252 e. The van der Waals surface area contributed by atoms with E-state index in [4.69, 9.17) is 0 Å². The molecule has 2 aromatic carbocycles. The molecule has 2 rings (SSSR count). The lowest BCUT2D eigenvalue weighted by atomic mass is 10.0. The van der Waals surface area contributed by atoms with Crippen LogP contribution in [-0.4, -0.2) is 17.9 Å². The molecule has 132 valence electrons. The molecule has 0 bridgehead atoms. The van der Waals surface area contributed by atoms with Crippen LogP contribution in [0.5, 0.6) is 0 Å². The van der Waals surface area contributed by atoms with E-state index < -0.39 is 6.04 Å². The SMILES string of the molecule is Cc1ccccc1C(=O)NC(CC(C)C)C(=O)Nc1ccc(F)cc1. The minimum atomic E-state index is -0.669. The number of halogens is 1. The lowest BCUT2D eigenvalue weighted by Crippen LogP contribution is -2.44. The van der Waals surface area contributed by atoms with Gasteiger partial charge in [0.05, 0.1) is 0 Å². The topological polar surface area (TPSA) is 58.2 Å². The molecule has 0 aliphatic carbocycles. The zero-order chi connectivity index (χ0) is 18.4. The van der Waals surface area contributed by atoms with Crippen molar-refractivity contribution < 1.29 is 14.0 Å². The van der Waals surface area contributed by atoms with Gasteiger partial charge in [-0.1, -0.05) is 32.0 Å². The molecular weight excluding hydrogens is 319 g/mol. The number of hydrogen-bond donors (Lipinski definition) is 2. The van der Waals surface area contributed by atoms with Gasteiger partial charge in [-0.3, -0.25) is 9.59 Å². The Labute approximate surface area is 147 Å². The predicted molar refractivity (Wildman–Crippen MR) is 96.9 cm³/mol. The standard InChI is InChI=1S/C20H23FN2O2/c1-13(2)12-18(20(25)22-16-10-8-15(21)9-11-16)23-19(24)17-7-5-4-6-14(17)3/h4-11,13,18H,12H2,1-3H3,(H,22,25)(H,23,24). The van der Waals surface area contributed by atoms with Crippen molar-refractivity contribution in [2.45, 2.75) is 33.2 Å². The van der Waals surface area contributed by atoms with Crippen molar-refractivity contribution in [3.63, 3.8) is 0 Å². The van der Waals surface area contributed by atoms with Gasteiger partial charge in [-0.25, -0.2) is 4.39 Å². The van der Waals surface area contributed by atoms with E-state index in [1.165, 1.54) is 24.3 Å². The molecule has 0 aliphatic heterocycles. The van der Waals surface area contributed by atoms with Gasteiger partial charge in [-0.2, -0.15) is 0 Å². The number of carbonyl (C=O) groups excluding carboxylic acids is 2. The van der Waals surface area contributed by atoms with E-state index in [2.05, 4.69) is 10.6 Å². The largest absolute Gasteiger partial charge is 0.340 e. The first kappa shape index (κ1) is 18.6. The van der Waals surface area contributed by atoms with Crippen LogP contribution in [0, 0.1) is 18.7 Å². The zero-order valence-corrected chi connectivity index (χ0v) is 14.7. The molecule has 1 unspecified atom stereocenters. The Morgan fingerprint density at radius 3 is 2.28 bits per heavy atom. The third-order valence-corrected chi connectivity index (χ3v) is 3.83. The van der Waals surface area contributed by atoms with Crippen molar-refractivity contribution in [1.29, 1.82) is 0 Å². The zero-order valence-electron chi connectivity index (χ0n) is 14.7. The molecule has 0 saturated heterocycles. The van der Waals surface area contributed by atoms with Crippen molar-refractivity contribution in [2.24, 2.45) is 5.92 Å². The molecule has 25 heavy (non-hydrogen) atoms. The summed E-state index contributed by atoms with van der Waals surface area (Å²) in [5, 5.41) is 5.54. The fourth-order valence-corrected chi connectivity index (χ4v) is 2.53. The molecule has 2 N–H and O–H groups in total. The number of benzene rings is 2. The molecule has 0 spiro atoms. The molecule has 0 fully saturated rings. The molecule has 0 aromatic heterocycles. The van der Waals surface area contributed by atoms with Crippen molar-refractivity contribution in [2.75, 3.05) is 5.32 Å². The van der Waals surface area contributed by atoms with Crippen LogP contribution in [0.2, 0.25) is 0 Å². The van der Waals surface area contributed by atoms with Crippen LogP contribution in [0.4, 0.5) is 10.1 Å². The van der Waals surface area contributed by atoms with Crippen LogP contribution in [0.15, 0.2) is 48.5 Å². The molecule has 2 amide bonds. The summed E-state index contributed by atoms with van der Waals surface area (Å²) >= 11 is 0. The number of amides is 2. The number of aryl methyl sites for hydroxylation is 1. The van der Waals surface area contributed by atoms with Gasteiger partial charge in [0.1, 0.15) is 11.9 Å². The highest BCUT2D eigenvalue weighted by Crippen LogP contribution is 2.13. The highest BCUT2D eigenvalue weighted by atomic mass is 19.1. The van der Waals surface area contributed by atoms with E-state index >= 15 is 0 Å². The van der Waals surface area contributed by atoms with Crippen LogP contribution in [0.1, 0.15) is 36.2 Å². The first-order valence-corrected chi connectivity index (χ1v) is 8.29.